The summed E-state index contributed by atoms with van der Waals surface area (Å²) in [6, 6.07) is 7.96. The molecular weight excluding hydrogens is 578 g/mol. The normalized spacial score (nSPS) is 13.8. The van der Waals surface area contributed by atoms with Gasteiger partial charge in [0.05, 0.1) is 12.5 Å². The molecule has 0 radical (unpaired) electrons. The number of H-pyrrole nitrogens is 1. The molecule has 230 valence electrons. The van der Waals surface area contributed by atoms with Crippen molar-refractivity contribution in [2.24, 2.45) is 5.73 Å². The lowest BCUT2D eigenvalue weighted by Crippen LogP contribution is -2.58. The van der Waals surface area contributed by atoms with Crippen LogP contribution in [0, 0.1) is 0 Å². The van der Waals surface area contributed by atoms with Gasteiger partial charge in [0.2, 0.25) is 17.7 Å². The molecule has 0 aliphatic carbocycles. The molecule has 14 heteroatoms. The summed E-state index contributed by atoms with van der Waals surface area (Å²) in [7, 11) is 0. The molecule has 0 spiro atoms. The van der Waals surface area contributed by atoms with E-state index in [1.165, 1.54) is 36.0 Å². The van der Waals surface area contributed by atoms with Gasteiger partial charge in [-0.3, -0.25) is 19.2 Å². The molecule has 3 aromatic rings. The third kappa shape index (κ3) is 9.75. The lowest BCUT2D eigenvalue weighted by atomic mass is 10.0. The molecule has 0 fully saturated rings. The van der Waals surface area contributed by atoms with Gasteiger partial charge >= 0.3 is 11.9 Å². The smallest absolute Gasteiger partial charge is 0.326 e. The largest absolute Gasteiger partial charge is 0.508 e. The number of nitrogens with one attached hydrogen (secondary N) is 4. The summed E-state index contributed by atoms with van der Waals surface area (Å²) in [5.74, 6) is -4.75. The first-order valence-electron chi connectivity index (χ1n) is 13.4. The van der Waals surface area contributed by atoms with E-state index in [9.17, 15) is 39.3 Å². The van der Waals surface area contributed by atoms with Crippen molar-refractivity contribution in [2.45, 2.75) is 49.9 Å². The third-order valence-corrected chi connectivity index (χ3v) is 7.34. The Morgan fingerprint density at radius 1 is 0.860 bits per heavy atom. The standard InChI is InChI=1S/C29H35N5O8S/c1-43-11-10-22(29(41)42)32-27(39)23(12-16-6-8-18(35)9-7-16)34-28(40)24(14-25(36)37)33-26(38)20(30)13-17-15-31-21-5-3-2-4-19(17)21/h2-9,15,20,22-24,31,35H,10-14,30H2,1H3,(H,32,39)(H,33,38)(H,34,40)(H,36,37)(H,41,42). The fourth-order valence-electron chi connectivity index (χ4n) is 4.41. The van der Waals surface area contributed by atoms with Gasteiger partial charge in [0.15, 0.2) is 0 Å². The highest BCUT2D eigenvalue weighted by molar-refractivity contribution is 7.98. The molecule has 0 saturated carbocycles. The van der Waals surface area contributed by atoms with Gasteiger partial charge in [-0.1, -0.05) is 30.3 Å². The number of carboxylic acids is 2. The van der Waals surface area contributed by atoms with Crippen LogP contribution in [-0.4, -0.2) is 86.1 Å². The van der Waals surface area contributed by atoms with Gasteiger partial charge in [-0.25, -0.2) is 4.79 Å². The molecule has 1 heterocycles. The highest BCUT2D eigenvalue weighted by atomic mass is 32.2. The number of hydrogen-bond acceptors (Lipinski definition) is 8. The second kappa shape index (κ2) is 15.6. The number of carboxylic acid groups (broad SMARTS) is 2. The fourth-order valence-corrected chi connectivity index (χ4v) is 4.88. The van der Waals surface area contributed by atoms with Crippen molar-refractivity contribution in [3.05, 3.63) is 65.9 Å². The van der Waals surface area contributed by atoms with Crippen molar-refractivity contribution in [1.29, 1.82) is 0 Å². The van der Waals surface area contributed by atoms with Crippen LogP contribution in [0.2, 0.25) is 0 Å². The Morgan fingerprint density at radius 3 is 2.14 bits per heavy atom. The van der Waals surface area contributed by atoms with E-state index in [4.69, 9.17) is 5.73 Å². The molecule has 3 rings (SSSR count). The van der Waals surface area contributed by atoms with E-state index in [1.807, 2.05) is 24.3 Å². The number of para-hydroxylation sites is 1. The maximum atomic E-state index is 13.3. The summed E-state index contributed by atoms with van der Waals surface area (Å²) < 4.78 is 0. The second-order valence-corrected chi connectivity index (χ2v) is 10.9. The molecule has 43 heavy (non-hydrogen) atoms. The first kappa shape index (κ1) is 32.9. The van der Waals surface area contributed by atoms with E-state index in [1.54, 1.807) is 12.5 Å². The number of fused-ring (bicyclic) bond motifs is 1. The fraction of sp³-hybridized carbons (Fsp3) is 0.345. The highest BCUT2D eigenvalue weighted by Gasteiger charge is 2.31. The summed E-state index contributed by atoms with van der Waals surface area (Å²) in [6.07, 6.45) is 2.84. The quantitative estimate of drug-likeness (QED) is 0.113. The Balaban J connectivity index is 1.76. The third-order valence-electron chi connectivity index (χ3n) is 6.70. The molecule has 0 saturated heterocycles. The number of phenols is 1. The van der Waals surface area contributed by atoms with Crippen LogP contribution < -0.4 is 21.7 Å². The number of hydrogen-bond donors (Lipinski definition) is 8. The summed E-state index contributed by atoms with van der Waals surface area (Å²) in [4.78, 5) is 65.9. The van der Waals surface area contributed by atoms with E-state index < -0.39 is 60.2 Å². The first-order chi connectivity index (χ1) is 20.5. The number of aromatic hydroxyl groups is 1. The van der Waals surface area contributed by atoms with Gasteiger partial charge in [-0.2, -0.15) is 11.8 Å². The molecule has 4 unspecified atom stereocenters. The molecule has 0 bridgehead atoms. The van der Waals surface area contributed by atoms with Crippen LogP contribution in [0.5, 0.6) is 5.75 Å². The van der Waals surface area contributed by atoms with Crippen LogP contribution in [0.4, 0.5) is 0 Å². The van der Waals surface area contributed by atoms with Crippen molar-refractivity contribution in [3.8, 4) is 5.75 Å². The van der Waals surface area contributed by atoms with E-state index >= 15 is 0 Å². The minimum atomic E-state index is -1.58. The SMILES string of the molecule is CSCCC(NC(=O)C(Cc1ccc(O)cc1)NC(=O)C(CC(=O)O)NC(=O)C(N)Cc1c[nH]c2ccccc12)C(=O)O. The van der Waals surface area contributed by atoms with Crippen LogP contribution in [0.1, 0.15) is 24.0 Å². The maximum absolute atomic E-state index is 13.3. The summed E-state index contributed by atoms with van der Waals surface area (Å²) >= 11 is 1.40. The minimum absolute atomic E-state index is 0.0231. The molecule has 2 aromatic carbocycles. The van der Waals surface area contributed by atoms with Crippen molar-refractivity contribution < 1.29 is 39.3 Å². The molecule has 1 aromatic heterocycles. The van der Waals surface area contributed by atoms with Crippen molar-refractivity contribution in [3.63, 3.8) is 0 Å². The predicted molar refractivity (Wildman–Crippen MR) is 160 cm³/mol. The number of aliphatic carboxylic acids is 2. The number of carbonyl (C=O) groups is 5. The summed E-state index contributed by atoms with van der Waals surface area (Å²) in [5.41, 5.74) is 8.25. The Bertz CT molecular complexity index is 1440. The molecule has 13 nitrogen and oxygen atoms in total. The number of aromatic nitrogens is 1. The highest BCUT2D eigenvalue weighted by Crippen LogP contribution is 2.19. The zero-order chi connectivity index (χ0) is 31.5. The number of nitrogens with two attached hydrogens (primary N) is 1. The van der Waals surface area contributed by atoms with Crippen LogP contribution in [-0.2, 0) is 36.8 Å². The van der Waals surface area contributed by atoms with Gasteiger partial charge < -0.3 is 42.0 Å². The molecular formula is C29H35N5O8S. The Morgan fingerprint density at radius 2 is 1.49 bits per heavy atom. The average Bonchev–Trinajstić information content (AvgIpc) is 3.37. The van der Waals surface area contributed by atoms with E-state index in [0.29, 0.717) is 11.3 Å². The molecule has 3 amide bonds. The molecule has 9 N–H and O–H groups in total. The van der Waals surface area contributed by atoms with Crippen molar-refractivity contribution >= 4 is 52.3 Å². The minimum Gasteiger partial charge on any atom is -0.508 e. The number of carbonyl (C=O) groups excluding carboxylic acids is 3. The maximum Gasteiger partial charge on any atom is 0.326 e. The number of rotatable bonds is 16. The number of aromatic amines is 1. The van der Waals surface area contributed by atoms with Crippen LogP contribution in [0.15, 0.2) is 54.7 Å². The lowest BCUT2D eigenvalue weighted by molar-refractivity contribution is -0.143. The van der Waals surface area contributed by atoms with E-state index in [0.717, 1.165) is 16.5 Å². The Kier molecular flexibility index (Phi) is 12.0. The second-order valence-electron chi connectivity index (χ2n) is 9.94. The Labute approximate surface area is 251 Å². The van der Waals surface area contributed by atoms with Crippen molar-refractivity contribution in [1.82, 2.24) is 20.9 Å². The Hall–Kier alpha value is -4.56. The summed E-state index contributed by atoms with van der Waals surface area (Å²) in [5, 5.41) is 36.7. The van der Waals surface area contributed by atoms with Gasteiger partial charge in [0.1, 0.15) is 23.9 Å². The van der Waals surface area contributed by atoms with Gasteiger partial charge in [0.25, 0.3) is 0 Å². The predicted octanol–water partition coefficient (Wildman–Crippen LogP) is 0.753. The van der Waals surface area contributed by atoms with Crippen molar-refractivity contribution in [2.75, 3.05) is 12.0 Å². The first-order valence-corrected chi connectivity index (χ1v) is 14.8. The number of thioether (sulfide) groups is 1. The van der Waals surface area contributed by atoms with Gasteiger partial charge in [-0.15, -0.1) is 0 Å². The average molecular weight is 614 g/mol. The van der Waals surface area contributed by atoms with Gasteiger partial charge in [0, 0.05) is 23.5 Å². The van der Waals surface area contributed by atoms with Gasteiger partial charge in [-0.05, 0) is 54.2 Å². The monoisotopic (exact) mass is 613 g/mol. The topological polar surface area (TPSA) is 224 Å². The zero-order valence-corrected chi connectivity index (χ0v) is 24.2. The number of amides is 3. The molecule has 4 atom stereocenters. The number of benzene rings is 2. The number of phenolic OH excluding ortho intramolecular Hbond substituents is 1. The lowest BCUT2D eigenvalue weighted by Gasteiger charge is -2.25. The van der Waals surface area contributed by atoms with Crippen LogP contribution >= 0.6 is 11.8 Å². The molecule has 0 aliphatic rings. The van der Waals surface area contributed by atoms with E-state index in [-0.39, 0.29) is 25.0 Å². The molecule has 0 aliphatic heterocycles. The van der Waals surface area contributed by atoms with Crippen LogP contribution in [0.3, 0.4) is 0 Å². The summed E-state index contributed by atoms with van der Waals surface area (Å²) in [6.45, 7) is 0. The zero-order valence-electron chi connectivity index (χ0n) is 23.4. The van der Waals surface area contributed by atoms with E-state index in [2.05, 4.69) is 20.9 Å². The van der Waals surface area contributed by atoms with Crippen LogP contribution in [0.25, 0.3) is 10.9 Å².